The van der Waals surface area contributed by atoms with Crippen molar-refractivity contribution in [2.24, 2.45) is 0 Å². The van der Waals surface area contributed by atoms with Gasteiger partial charge in [-0.3, -0.25) is 4.79 Å². The first-order chi connectivity index (χ1) is 11.7. The van der Waals surface area contributed by atoms with Gasteiger partial charge in [-0.25, -0.2) is 0 Å². The zero-order valence-electron chi connectivity index (χ0n) is 13.1. The average molecular weight is 328 g/mol. The summed E-state index contributed by atoms with van der Waals surface area (Å²) < 4.78 is 7.24. The van der Waals surface area contributed by atoms with Gasteiger partial charge in [0.1, 0.15) is 18.2 Å². The minimum Gasteiger partial charge on any atom is -0.461 e. The van der Waals surface area contributed by atoms with Crippen molar-refractivity contribution in [1.82, 2.24) is 40.3 Å². The van der Waals surface area contributed by atoms with Gasteiger partial charge in [0.2, 0.25) is 11.7 Å². The summed E-state index contributed by atoms with van der Waals surface area (Å²) in [6, 6.07) is 3.53. The number of fused-ring (bicyclic) bond motifs is 1. The highest BCUT2D eigenvalue weighted by atomic mass is 16.3. The van der Waals surface area contributed by atoms with Gasteiger partial charge in [-0.15, -0.1) is 20.4 Å². The lowest BCUT2D eigenvalue weighted by Crippen LogP contribution is -2.42. The van der Waals surface area contributed by atoms with E-state index in [9.17, 15) is 4.79 Å². The largest absolute Gasteiger partial charge is 0.461 e. The molecule has 124 valence electrons. The minimum absolute atomic E-state index is 0.0121. The van der Waals surface area contributed by atoms with Crippen molar-refractivity contribution in [1.29, 1.82) is 0 Å². The van der Waals surface area contributed by atoms with Gasteiger partial charge in [-0.1, -0.05) is 0 Å². The standard InChI is InChI=1S/C14H16N8O2/c1-9-16-17-12-5-4-10(7-21(9)12)15-13(23)8-22-19-14(18-20-22)11-3-2-6-24-11/h2-3,6,10H,4-5,7-8H2,1H3,(H,15,23)/t10-/m1/s1. The van der Waals surface area contributed by atoms with Crippen molar-refractivity contribution in [3.05, 3.63) is 30.0 Å². The lowest BCUT2D eigenvalue weighted by molar-refractivity contribution is -0.123. The zero-order valence-corrected chi connectivity index (χ0v) is 13.1. The number of hydrogen-bond donors (Lipinski definition) is 1. The van der Waals surface area contributed by atoms with Crippen LogP contribution in [0.1, 0.15) is 18.1 Å². The Balaban J connectivity index is 1.37. The summed E-state index contributed by atoms with van der Waals surface area (Å²) in [6.07, 6.45) is 3.18. The molecule has 0 bridgehead atoms. The molecule has 10 heteroatoms. The van der Waals surface area contributed by atoms with Gasteiger partial charge in [0, 0.05) is 19.0 Å². The van der Waals surface area contributed by atoms with Crippen LogP contribution in [0.5, 0.6) is 0 Å². The van der Waals surface area contributed by atoms with Crippen LogP contribution in [0.3, 0.4) is 0 Å². The molecule has 0 radical (unpaired) electrons. The molecule has 10 nitrogen and oxygen atoms in total. The first kappa shape index (κ1) is 14.5. The molecule has 1 amide bonds. The first-order valence-electron chi connectivity index (χ1n) is 7.69. The zero-order chi connectivity index (χ0) is 16.5. The predicted molar refractivity (Wildman–Crippen MR) is 80.5 cm³/mol. The molecule has 1 atom stereocenters. The summed E-state index contributed by atoms with van der Waals surface area (Å²) in [7, 11) is 0. The Morgan fingerprint density at radius 2 is 2.33 bits per heavy atom. The van der Waals surface area contributed by atoms with Gasteiger partial charge in [-0.05, 0) is 30.7 Å². The Kier molecular flexibility index (Phi) is 3.56. The molecule has 3 aromatic heterocycles. The monoisotopic (exact) mass is 328 g/mol. The molecule has 0 fully saturated rings. The van der Waals surface area contributed by atoms with Gasteiger partial charge >= 0.3 is 0 Å². The Morgan fingerprint density at radius 3 is 3.17 bits per heavy atom. The Bertz CT molecular complexity index is 850. The van der Waals surface area contributed by atoms with E-state index in [-0.39, 0.29) is 18.5 Å². The minimum atomic E-state index is -0.155. The lowest BCUT2D eigenvalue weighted by Gasteiger charge is -2.24. The summed E-state index contributed by atoms with van der Waals surface area (Å²) in [6.45, 7) is 2.61. The number of rotatable bonds is 4. The fourth-order valence-corrected chi connectivity index (χ4v) is 2.80. The number of nitrogens with one attached hydrogen (secondary N) is 1. The smallest absolute Gasteiger partial charge is 0.243 e. The highest BCUT2D eigenvalue weighted by molar-refractivity contribution is 5.75. The normalized spacial score (nSPS) is 16.8. The topological polar surface area (TPSA) is 117 Å². The van der Waals surface area contributed by atoms with E-state index in [4.69, 9.17) is 4.42 Å². The van der Waals surface area contributed by atoms with E-state index < -0.39 is 0 Å². The third kappa shape index (κ3) is 2.77. The summed E-state index contributed by atoms with van der Waals surface area (Å²) in [5.74, 6) is 2.56. The van der Waals surface area contributed by atoms with E-state index in [1.54, 1.807) is 12.1 Å². The molecule has 0 saturated carbocycles. The molecule has 3 aromatic rings. The Hall–Kier alpha value is -3.04. The molecule has 0 aliphatic carbocycles. The molecule has 1 aliphatic rings. The van der Waals surface area contributed by atoms with E-state index in [1.165, 1.54) is 11.1 Å². The van der Waals surface area contributed by atoms with Crippen LogP contribution in [0.15, 0.2) is 22.8 Å². The quantitative estimate of drug-likeness (QED) is 0.714. The molecule has 0 saturated heterocycles. The number of furan rings is 1. The first-order valence-corrected chi connectivity index (χ1v) is 7.69. The maximum Gasteiger partial charge on any atom is 0.243 e. The molecule has 1 aliphatic heterocycles. The number of carbonyl (C=O) groups excluding carboxylic acids is 1. The molecule has 1 N–H and O–H groups in total. The van der Waals surface area contributed by atoms with Gasteiger partial charge in [0.15, 0.2) is 5.76 Å². The Labute approximate surface area is 136 Å². The summed E-state index contributed by atoms with van der Waals surface area (Å²) in [4.78, 5) is 13.5. The van der Waals surface area contributed by atoms with Crippen molar-refractivity contribution < 1.29 is 9.21 Å². The van der Waals surface area contributed by atoms with Crippen LogP contribution in [0.4, 0.5) is 0 Å². The third-order valence-corrected chi connectivity index (χ3v) is 3.98. The maximum absolute atomic E-state index is 12.2. The summed E-state index contributed by atoms with van der Waals surface area (Å²) in [5, 5.41) is 23.1. The van der Waals surface area contributed by atoms with Crippen LogP contribution in [0, 0.1) is 6.92 Å². The molecular formula is C14H16N8O2. The number of hydrogen-bond acceptors (Lipinski definition) is 7. The molecule has 24 heavy (non-hydrogen) atoms. The van der Waals surface area contributed by atoms with E-state index in [2.05, 4.69) is 30.9 Å². The fraction of sp³-hybridized carbons (Fsp3) is 0.429. The van der Waals surface area contributed by atoms with E-state index in [0.717, 1.165) is 24.5 Å². The van der Waals surface area contributed by atoms with Crippen LogP contribution in [0.2, 0.25) is 0 Å². The average Bonchev–Trinajstić information content (AvgIpc) is 3.29. The SMILES string of the molecule is Cc1nnc2n1C[C@H](NC(=O)Cn1nnc(-c3ccco3)n1)CC2. The van der Waals surface area contributed by atoms with Crippen molar-refractivity contribution >= 4 is 5.91 Å². The van der Waals surface area contributed by atoms with Crippen LogP contribution >= 0.6 is 0 Å². The highest BCUT2D eigenvalue weighted by Crippen LogP contribution is 2.15. The van der Waals surface area contributed by atoms with Crippen LogP contribution < -0.4 is 5.32 Å². The fourth-order valence-electron chi connectivity index (χ4n) is 2.80. The van der Waals surface area contributed by atoms with Gasteiger partial charge in [0.25, 0.3) is 0 Å². The molecule has 0 aromatic carbocycles. The second-order valence-corrected chi connectivity index (χ2v) is 5.70. The lowest BCUT2D eigenvalue weighted by atomic mass is 10.1. The van der Waals surface area contributed by atoms with Crippen molar-refractivity contribution in [3.63, 3.8) is 0 Å². The molecule has 4 heterocycles. The second kappa shape index (κ2) is 5.87. The van der Waals surface area contributed by atoms with Crippen molar-refractivity contribution in [2.75, 3.05) is 0 Å². The van der Waals surface area contributed by atoms with E-state index in [0.29, 0.717) is 18.1 Å². The third-order valence-electron chi connectivity index (χ3n) is 3.98. The molecule has 4 rings (SSSR count). The predicted octanol–water partition coefficient (Wildman–Crippen LogP) is -0.0358. The Morgan fingerprint density at radius 1 is 1.42 bits per heavy atom. The highest BCUT2D eigenvalue weighted by Gasteiger charge is 2.23. The number of tetrazole rings is 1. The van der Waals surface area contributed by atoms with Crippen molar-refractivity contribution in [2.45, 2.75) is 38.9 Å². The van der Waals surface area contributed by atoms with Crippen molar-refractivity contribution in [3.8, 4) is 11.6 Å². The molecule has 0 spiro atoms. The number of nitrogens with zero attached hydrogens (tertiary/aromatic N) is 7. The van der Waals surface area contributed by atoms with Gasteiger partial charge in [-0.2, -0.15) is 4.80 Å². The number of aromatic nitrogens is 7. The number of amides is 1. The van der Waals surface area contributed by atoms with Crippen LogP contribution in [-0.4, -0.2) is 46.9 Å². The summed E-state index contributed by atoms with van der Waals surface area (Å²) >= 11 is 0. The van der Waals surface area contributed by atoms with E-state index >= 15 is 0 Å². The number of carbonyl (C=O) groups is 1. The van der Waals surface area contributed by atoms with Crippen LogP contribution in [-0.2, 0) is 24.3 Å². The maximum atomic E-state index is 12.2. The molecule has 0 unspecified atom stereocenters. The second-order valence-electron chi connectivity index (χ2n) is 5.70. The molecular weight excluding hydrogens is 312 g/mol. The number of aryl methyl sites for hydroxylation is 2. The van der Waals surface area contributed by atoms with E-state index in [1.807, 2.05) is 11.5 Å². The van der Waals surface area contributed by atoms with Crippen LogP contribution in [0.25, 0.3) is 11.6 Å². The van der Waals surface area contributed by atoms with Gasteiger partial charge in [0.05, 0.1) is 6.26 Å². The summed E-state index contributed by atoms with van der Waals surface area (Å²) in [5.41, 5.74) is 0. The van der Waals surface area contributed by atoms with Gasteiger partial charge < -0.3 is 14.3 Å².